The lowest BCUT2D eigenvalue weighted by Gasteiger charge is -2.42. The average molecular weight is 238 g/mol. The van der Waals surface area contributed by atoms with E-state index >= 15 is 0 Å². The molecule has 0 unspecified atom stereocenters. The molecule has 17 heavy (non-hydrogen) atoms. The van der Waals surface area contributed by atoms with Crippen molar-refractivity contribution in [3.63, 3.8) is 0 Å². The van der Waals surface area contributed by atoms with Gasteiger partial charge < -0.3 is 10.4 Å². The van der Waals surface area contributed by atoms with Crippen LogP contribution in [0.4, 0.5) is 0 Å². The summed E-state index contributed by atoms with van der Waals surface area (Å²) >= 11 is 0. The predicted octanol–water partition coefficient (Wildman–Crippen LogP) is 0.0592. The van der Waals surface area contributed by atoms with Crippen molar-refractivity contribution in [1.29, 1.82) is 0 Å². The SMILES string of the molecule is CC1(C)CNCCN1Cc1cnn(CCO)c1. The maximum absolute atomic E-state index is 8.85. The van der Waals surface area contributed by atoms with Crippen LogP contribution in [0.2, 0.25) is 0 Å². The smallest absolute Gasteiger partial charge is 0.0640 e. The van der Waals surface area contributed by atoms with Crippen LogP contribution in [0.15, 0.2) is 12.4 Å². The first-order valence-corrected chi connectivity index (χ1v) is 6.20. The van der Waals surface area contributed by atoms with Crippen LogP contribution in [0, 0.1) is 0 Å². The Morgan fingerprint density at radius 1 is 1.53 bits per heavy atom. The molecule has 1 fully saturated rings. The minimum Gasteiger partial charge on any atom is -0.394 e. The van der Waals surface area contributed by atoms with Gasteiger partial charge in [-0.3, -0.25) is 9.58 Å². The maximum atomic E-state index is 8.85. The summed E-state index contributed by atoms with van der Waals surface area (Å²) in [5, 5.41) is 16.5. The van der Waals surface area contributed by atoms with Crippen molar-refractivity contribution in [2.75, 3.05) is 26.2 Å². The molecule has 0 aromatic carbocycles. The summed E-state index contributed by atoms with van der Waals surface area (Å²) in [4.78, 5) is 2.48. The van der Waals surface area contributed by atoms with Gasteiger partial charge in [0.1, 0.15) is 0 Å². The number of nitrogens with one attached hydrogen (secondary N) is 1. The van der Waals surface area contributed by atoms with Gasteiger partial charge in [0.05, 0.1) is 19.3 Å². The summed E-state index contributed by atoms with van der Waals surface area (Å²) < 4.78 is 1.80. The second-order valence-corrected chi connectivity index (χ2v) is 5.25. The first-order chi connectivity index (χ1) is 8.12. The molecule has 5 heteroatoms. The first-order valence-electron chi connectivity index (χ1n) is 6.20. The van der Waals surface area contributed by atoms with Crippen molar-refractivity contribution in [3.05, 3.63) is 18.0 Å². The van der Waals surface area contributed by atoms with Crippen LogP contribution in [-0.2, 0) is 13.1 Å². The molecule has 1 aromatic rings. The fourth-order valence-electron chi connectivity index (χ4n) is 2.25. The van der Waals surface area contributed by atoms with Gasteiger partial charge in [0.25, 0.3) is 0 Å². The Bertz CT molecular complexity index is 361. The van der Waals surface area contributed by atoms with Crippen LogP contribution < -0.4 is 5.32 Å². The topological polar surface area (TPSA) is 53.3 Å². The van der Waals surface area contributed by atoms with Gasteiger partial charge in [0.15, 0.2) is 0 Å². The minimum absolute atomic E-state index is 0.139. The Morgan fingerprint density at radius 3 is 3.06 bits per heavy atom. The molecule has 0 amide bonds. The molecule has 1 aliphatic rings. The number of aliphatic hydroxyl groups is 1. The normalized spacial score (nSPS) is 20.6. The molecule has 0 atom stereocenters. The Balaban J connectivity index is 1.98. The van der Waals surface area contributed by atoms with Crippen LogP contribution in [0.5, 0.6) is 0 Å². The molecule has 5 nitrogen and oxygen atoms in total. The summed E-state index contributed by atoms with van der Waals surface area (Å²) in [7, 11) is 0. The molecule has 0 saturated carbocycles. The Morgan fingerprint density at radius 2 is 2.35 bits per heavy atom. The van der Waals surface area contributed by atoms with E-state index in [9.17, 15) is 0 Å². The molecule has 0 bridgehead atoms. The number of rotatable bonds is 4. The Labute approximate surface area is 102 Å². The van der Waals surface area contributed by atoms with Crippen molar-refractivity contribution < 1.29 is 5.11 Å². The van der Waals surface area contributed by atoms with Gasteiger partial charge in [-0.25, -0.2) is 0 Å². The maximum Gasteiger partial charge on any atom is 0.0640 e. The van der Waals surface area contributed by atoms with Crippen LogP contribution in [-0.4, -0.2) is 51.6 Å². The molecule has 1 aromatic heterocycles. The lowest BCUT2D eigenvalue weighted by molar-refractivity contribution is 0.0827. The molecule has 0 aliphatic carbocycles. The van der Waals surface area contributed by atoms with Crippen molar-refractivity contribution in [3.8, 4) is 0 Å². The molecule has 1 saturated heterocycles. The monoisotopic (exact) mass is 238 g/mol. The third-order valence-corrected chi connectivity index (χ3v) is 3.36. The average Bonchev–Trinajstić information content (AvgIpc) is 2.70. The standard InChI is InChI=1S/C12H22N4O/c1-12(2)10-13-3-4-15(12)8-11-7-14-16(9-11)5-6-17/h7,9,13,17H,3-6,8,10H2,1-2H3. The summed E-state index contributed by atoms with van der Waals surface area (Å²) in [5.74, 6) is 0. The largest absolute Gasteiger partial charge is 0.394 e. The number of piperazine rings is 1. The van der Waals surface area contributed by atoms with Crippen LogP contribution in [0.1, 0.15) is 19.4 Å². The van der Waals surface area contributed by atoms with Gasteiger partial charge >= 0.3 is 0 Å². The van der Waals surface area contributed by atoms with Gasteiger partial charge in [0, 0.05) is 43.5 Å². The highest BCUT2D eigenvalue weighted by atomic mass is 16.3. The molecule has 2 heterocycles. The Kier molecular flexibility index (Phi) is 3.81. The highest BCUT2D eigenvalue weighted by molar-refractivity contribution is 5.05. The number of hydrogen-bond donors (Lipinski definition) is 2. The minimum atomic E-state index is 0.139. The van der Waals surface area contributed by atoms with Crippen LogP contribution in [0.3, 0.4) is 0 Å². The van der Waals surface area contributed by atoms with E-state index in [1.807, 2.05) is 12.4 Å². The Hall–Kier alpha value is -0.910. The molecule has 0 spiro atoms. The summed E-state index contributed by atoms with van der Waals surface area (Å²) in [6.07, 6.45) is 3.92. The van der Waals surface area contributed by atoms with E-state index in [0.29, 0.717) is 6.54 Å². The lowest BCUT2D eigenvalue weighted by atomic mass is 10.00. The zero-order valence-electron chi connectivity index (χ0n) is 10.7. The second kappa shape index (κ2) is 5.16. The summed E-state index contributed by atoms with van der Waals surface area (Å²) in [6.45, 7) is 9.31. The van der Waals surface area contributed by atoms with Crippen molar-refractivity contribution in [1.82, 2.24) is 20.0 Å². The lowest BCUT2D eigenvalue weighted by Crippen LogP contribution is -2.57. The third kappa shape index (κ3) is 3.06. The number of aliphatic hydroxyl groups excluding tert-OH is 1. The van der Waals surface area contributed by atoms with Crippen LogP contribution >= 0.6 is 0 Å². The fraction of sp³-hybridized carbons (Fsp3) is 0.750. The third-order valence-electron chi connectivity index (χ3n) is 3.36. The van der Waals surface area contributed by atoms with E-state index in [1.165, 1.54) is 5.56 Å². The van der Waals surface area contributed by atoms with E-state index in [1.54, 1.807) is 4.68 Å². The first kappa shape index (κ1) is 12.5. The molecular weight excluding hydrogens is 216 g/mol. The molecule has 0 radical (unpaired) electrons. The second-order valence-electron chi connectivity index (χ2n) is 5.25. The highest BCUT2D eigenvalue weighted by Crippen LogP contribution is 2.19. The van der Waals surface area contributed by atoms with E-state index in [2.05, 4.69) is 29.2 Å². The number of nitrogens with zero attached hydrogens (tertiary/aromatic N) is 3. The zero-order valence-corrected chi connectivity index (χ0v) is 10.7. The van der Waals surface area contributed by atoms with Crippen molar-refractivity contribution >= 4 is 0 Å². The number of hydrogen-bond acceptors (Lipinski definition) is 4. The zero-order chi connectivity index (χ0) is 12.3. The van der Waals surface area contributed by atoms with Gasteiger partial charge in [-0.05, 0) is 13.8 Å². The van der Waals surface area contributed by atoms with E-state index < -0.39 is 0 Å². The summed E-state index contributed by atoms with van der Waals surface area (Å²) in [5.41, 5.74) is 1.41. The quantitative estimate of drug-likeness (QED) is 0.779. The van der Waals surface area contributed by atoms with E-state index in [0.717, 1.165) is 26.2 Å². The predicted molar refractivity (Wildman–Crippen MR) is 66.7 cm³/mol. The van der Waals surface area contributed by atoms with E-state index in [-0.39, 0.29) is 12.1 Å². The van der Waals surface area contributed by atoms with Gasteiger partial charge in [-0.15, -0.1) is 0 Å². The highest BCUT2D eigenvalue weighted by Gasteiger charge is 2.29. The van der Waals surface area contributed by atoms with Gasteiger partial charge in [0.2, 0.25) is 0 Å². The number of aromatic nitrogens is 2. The van der Waals surface area contributed by atoms with Gasteiger partial charge in [-0.2, -0.15) is 5.10 Å². The van der Waals surface area contributed by atoms with Crippen molar-refractivity contribution in [2.24, 2.45) is 0 Å². The molecular formula is C12H22N4O. The molecule has 2 rings (SSSR count). The molecule has 96 valence electrons. The van der Waals surface area contributed by atoms with Gasteiger partial charge in [-0.1, -0.05) is 0 Å². The summed E-state index contributed by atoms with van der Waals surface area (Å²) in [6, 6.07) is 0. The van der Waals surface area contributed by atoms with E-state index in [4.69, 9.17) is 5.11 Å². The fourth-order valence-corrected chi connectivity index (χ4v) is 2.25. The van der Waals surface area contributed by atoms with Crippen LogP contribution in [0.25, 0.3) is 0 Å². The molecule has 2 N–H and O–H groups in total. The molecule has 1 aliphatic heterocycles. The van der Waals surface area contributed by atoms with Crippen molar-refractivity contribution in [2.45, 2.75) is 32.5 Å².